The average molecular weight is 359 g/mol. The Bertz CT molecular complexity index is 636. The van der Waals surface area contributed by atoms with Crippen LogP contribution in [-0.2, 0) is 22.2 Å². The molecule has 0 atom stereocenters. The fourth-order valence-corrected chi connectivity index (χ4v) is 2.15. The number of benzene rings is 1. The van der Waals surface area contributed by atoms with E-state index in [1.165, 1.54) is 12.1 Å². The number of rotatable bonds is 9. The third-order valence-electron chi connectivity index (χ3n) is 3.52. The number of ether oxygens (including phenoxy) is 2. The summed E-state index contributed by atoms with van der Waals surface area (Å²) in [6.07, 6.45) is -4.37. The van der Waals surface area contributed by atoms with Crippen molar-refractivity contribution in [2.75, 3.05) is 40.5 Å². The molecule has 6 nitrogen and oxygen atoms in total. The molecule has 1 heterocycles. The first-order valence-corrected chi connectivity index (χ1v) is 7.64. The molecule has 0 bridgehead atoms. The minimum Gasteiger partial charge on any atom is -0.383 e. The Hall–Kier alpha value is -1.97. The lowest BCUT2D eigenvalue weighted by Gasteiger charge is -2.19. The van der Waals surface area contributed by atoms with Gasteiger partial charge in [0.05, 0.1) is 25.3 Å². The van der Waals surface area contributed by atoms with Crippen LogP contribution >= 0.6 is 0 Å². The first-order chi connectivity index (χ1) is 11.9. The Balaban J connectivity index is 2.05. The number of nitrogens with zero attached hydrogens (tertiary/aromatic N) is 3. The second-order valence-electron chi connectivity index (χ2n) is 5.35. The van der Waals surface area contributed by atoms with Crippen LogP contribution in [0.1, 0.15) is 11.5 Å². The summed E-state index contributed by atoms with van der Waals surface area (Å²) in [5.74, 6) is 0.629. The lowest BCUT2D eigenvalue weighted by molar-refractivity contribution is -0.137. The van der Waals surface area contributed by atoms with Crippen molar-refractivity contribution in [3.8, 4) is 11.4 Å². The summed E-state index contributed by atoms with van der Waals surface area (Å²) in [6, 6.07) is 4.64. The predicted molar refractivity (Wildman–Crippen MR) is 83.8 cm³/mol. The number of methoxy groups -OCH3 is 2. The van der Waals surface area contributed by atoms with E-state index in [4.69, 9.17) is 14.0 Å². The number of halogens is 3. The molecule has 0 aliphatic heterocycles. The summed E-state index contributed by atoms with van der Waals surface area (Å²) >= 11 is 0. The summed E-state index contributed by atoms with van der Waals surface area (Å²) < 4.78 is 53.1. The number of hydrogen-bond donors (Lipinski definition) is 0. The van der Waals surface area contributed by atoms with Gasteiger partial charge in [0.2, 0.25) is 11.7 Å². The van der Waals surface area contributed by atoms with Crippen LogP contribution in [0.2, 0.25) is 0 Å². The van der Waals surface area contributed by atoms with E-state index < -0.39 is 11.7 Å². The normalized spacial score (nSPS) is 12.1. The molecule has 0 aliphatic carbocycles. The second kappa shape index (κ2) is 8.93. The molecule has 0 amide bonds. The Labute approximate surface area is 143 Å². The lowest BCUT2D eigenvalue weighted by atomic mass is 10.1. The van der Waals surface area contributed by atoms with E-state index in [1.54, 1.807) is 14.2 Å². The van der Waals surface area contributed by atoms with E-state index in [2.05, 4.69) is 10.1 Å². The third-order valence-corrected chi connectivity index (χ3v) is 3.52. The zero-order chi connectivity index (χ0) is 18.3. The first kappa shape index (κ1) is 19.4. The van der Waals surface area contributed by atoms with E-state index >= 15 is 0 Å². The second-order valence-corrected chi connectivity index (χ2v) is 5.35. The van der Waals surface area contributed by atoms with E-state index in [-0.39, 0.29) is 5.82 Å². The molecule has 0 N–H and O–H groups in total. The van der Waals surface area contributed by atoms with Gasteiger partial charge in [0.25, 0.3) is 0 Å². The minimum atomic E-state index is -4.37. The summed E-state index contributed by atoms with van der Waals surface area (Å²) in [5, 5.41) is 3.84. The summed E-state index contributed by atoms with van der Waals surface area (Å²) in [6.45, 7) is 2.82. The van der Waals surface area contributed by atoms with Gasteiger partial charge >= 0.3 is 6.18 Å². The van der Waals surface area contributed by atoms with E-state index in [0.29, 0.717) is 44.3 Å². The number of alkyl halides is 3. The van der Waals surface area contributed by atoms with Crippen LogP contribution in [0.5, 0.6) is 0 Å². The maximum Gasteiger partial charge on any atom is 0.416 e. The number of hydrogen-bond acceptors (Lipinski definition) is 6. The van der Waals surface area contributed by atoms with Crippen LogP contribution < -0.4 is 0 Å². The molecule has 0 spiro atoms. The molecule has 138 valence electrons. The molecular weight excluding hydrogens is 339 g/mol. The SMILES string of the molecule is COCCN(CCOC)Cc1nc(-c2ccc(C(F)(F)F)cc2)no1. The smallest absolute Gasteiger partial charge is 0.383 e. The standard InChI is InChI=1S/C16H20F3N3O3/c1-23-9-7-22(8-10-24-2)11-14-20-15(21-25-14)12-3-5-13(6-4-12)16(17,18)19/h3-6H,7-11H2,1-2H3. The Morgan fingerprint density at radius 3 is 2.16 bits per heavy atom. The predicted octanol–water partition coefficient (Wildman–Crippen LogP) is 2.85. The first-order valence-electron chi connectivity index (χ1n) is 7.64. The van der Waals surface area contributed by atoms with Gasteiger partial charge in [0.1, 0.15) is 0 Å². The summed E-state index contributed by atoms with van der Waals surface area (Å²) in [5.41, 5.74) is -0.256. The van der Waals surface area contributed by atoms with Crippen molar-refractivity contribution in [1.82, 2.24) is 15.0 Å². The lowest BCUT2D eigenvalue weighted by Crippen LogP contribution is -2.30. The molecule has 25 heavy (non-hydrogen) atoms. The topological polar surface area (TPSA) is 60.6 Å². The zero-order valence-corrected chi connectivity index (χ0v) is 14.0. The third kappa shape index (κ3) is 5.80. The van der Waals surface area contributed by atoms with Gasteiger partial charge in [-0.25, -0.2) is 0 Å². The average Bonchev–Trinajstić information content (AvgIpc) is 3.05. The van der Waals surface area contributed by atoms with Gasteiger partial charge in [-0.05, 0) is 12.1 Å². The Morgan fingerprint density at radius 1 is 1.04 bits per heavy atom. The quantitative estimate of drug-likeness (QED) is 0.686. The molecule has 2 aromatic rings. The van der Waals surface area contributed by atoms with Crippen molar-refractivity contribution in [3.05, 3.63) is 35.7 Å². The summed E-state index contributed by atoms with van der Waals surface area (Å²) in [7, 11) is 3.23. The van der Waals surface area contributed by atoms with E-state index in [9.17, 15) is 13.2 Å². The maximum atomic E-state index is 12.6. The largest absolute Gasteiger partial charge is 0.416 e. The fraction of sp³-hybridized carbons (Fsp3) is 0.500. The van der Waals surface area contributed by atoms with Gasteiger partial charge in [0, 0.05) is 32.9 Å². The molecule has 0 saturated carbocycles. The van der Waals surface area contributed by atoms with Gasteiger partial charge in [0.15, 0.2) is 0 Å². The molecule has 1 aromatic carbocycles. The van der Waals surface area contributed by atoms with Crippen molar-refractivity contribution in [1.29, 1.82) is 0 Å². The van der Waals surface area contributed by atoms with Crippen molar-refractivity contribution in [2.24, 2.45) is 0 Å². The highest BCUT2D eigenvalue weighted by Gasteiger charge is 2.30. The monoisotopic (exact) mass is 359 g/mol. The number of aromatic nitrogens is 2. The maximum absolute atomic E-state index is 12.6. The van der Waals surface area contributed by atoms with Crippen LogP contribution in [0.3, 0.4) is 0 Å². The van der Waals surface area contributed by atoms with Gasteiger partial charge in [-0.2, -0.15) is 18.2 Å². The van der Waals surface area contributed by atoms with Crippen molar-refractivity contribution in [2.45, 2.75) is 12.7 Å². The van der Waals surface area contributed by atoms with Crippen LogP contribution in [0, 0.1) is 0 Å². The fourth-order valence-electron chi connectivity index (χ4n) is 2.15. The summed E-state index contributed by atoms with van der Waals surface area (Å²) in [4.78, 5) is 6.27. The van der Waals surface area contributed by atoms with Crippen molar-refractivity contribution in [3.63, 3.8) is 0 Å². The molecule has 0 fully saturated rings. The van der Waals surface area contributed by atoms with E-state index in [0.717, 1.165) is 12.1 Å². The van der Waals surface area contributed by atoms with Crippen LogP contribution in [0.15, 0.2) is 28.8 Å². The zero-order valence-electron chi connectivity index (χ0n) is 14.0. The molecule has 2 rings (SSSR count). The van der Waals surface area contributed by atoms with Crippen molar-refractivity contribution < 1.29 is 27.2 Å². The van der Waals surface area contributed by atoms with Gasteiger partial charge < -0.3 is 14.0 Å². The van der Waals surface area contributed by atoms with E-state index in [1.807, 2.05) is 4.90 Å². The molecule has 0 aliphatic rings. The Morgan fingerprint density at radius 2 is 1.64 bits per heavy atom. The molecule has 0 radical (unpaired) electrons. The molecule has 1 aromatic heterocycles. The van der Waals surface area contributed by atoms with Crippen LogP contribution in [0.25, 0.3) is 11.4 Å². The van der Waals surface area contributed by atoms with Crippen LogP contribution in [0.4, 0.5) is 13.2 Å². The minimum absolute atomic E-state index is 0.252. The highest BCUT2D eigenvalue weighted by atomic mass is 19.4. The molecule has 9 heteroatoms. The van der Waals surface area contributed by atoms with Crippen LogP contribution in [-0.4, -0.2) is 55.6 Å². The Kier molecular flexibility index (Phi) is 6.91. The molecule has 0 unspecified atom stereocenters. The van der Waals surface area contributed by atoms with Gasteiger partial charge in [-0.15, -0.1) is 0 Å². The van der Waals surface area contributed by atoms with Gasteiger partial charge in [-0.1, -0.05) is 17.3 Å². The van der Waals surface area contributed by atoms with Gasteiger partial charge in [-0.3, -0.25) is 4.90 Å². The molecular formula is C16H20F3N3O3. The highest BCUT2D eigenvalue weighted by molar-refractivity contribution is 5.54. The highest BCUT2D eigenvalue weighted by Crippen LogP contribution is 2.30. The molecule has 0 saturated heterocycles. The van der Waals surface area contributed by atoms with Crippen molar-refractivity contribution >= 4 is 0 Å².